The minimum atomic E-state index is -0.633. The summed E-state index contributed by atoms with van der Waals surface area (Å²) < 4.78 is 9.90. The Labute approximate surface area is 72.4 Å². The van der Waals surface area contributed by atoms with Gasteiger partial charge in [-0.25, -0.2) is 4.79 Å². The average Bonchev–Trinajstić information content (AvgIpc) is 2.68. The van der Waals surface area contributed by atoms with Crippen LogP contribution in [0.3, 0.4) is 0 Å². The van der Waals surface area contributed by atoms with Crippen LogP contribution in [0.25, 0.3) is 0 Å². The van der Waals surface area contributed by atoms with Crippen LogP contribution in [-0.2, 0) is 14.3 Å². The van der Waals surface area contributed by atoms with Crippen molar-refractivity contribution in [2.75, 3.05) is 33.9 Å². The van der Waals surface area contributed by atoms with E-state index in [0.29, 0.717) is 13.2 Å². The number of hydrogen-bond donors (Lipinski definition) is 0. The van der Waals surface area contributed by atoms with Gasteiger partial charge in [0.1, 0.15) is 6.61 Å². The van der Waals surface area contributed by atoms with Gasteiger partial charge in [-0.2, -0.15) is 0 Å². The van der Waals surface area contributed by atoms with Gasteiger partial charge in [0.25, 0.3) is 0 Å². The van der Waals surface area contributed by atoms with Crippen molar-refractivity contribution in [3.8, 4) is 0 Å². The second-order valence-electron chi connectivity index (χ2n) is 3.46. The maximum Gasteiger partial charge on any atom is 0.340 e. The highest BCUT2D eigenvalue weighted by atomic mass is 16.6. The van der Waals surface area contributed by atoms with Gasteiger partial charge >= 0.3 is 5.97 Å². The molecule has 12 heavy (non-hydrogen) atoms. The molecule has 1 atom stereocenters. The Morgan fingerprint density at radius 3 is 2.67 bits per heavy atom. The number of esters is 1. The van der Waals surface area contributed by atoms with Gasteiger partial charge in [0.05, 0.1) is 6.61 Å². The van der Waals surface area contributed by atoms with Gasteiger partial charge in [-0.3, -0.25) is 0 Å². The van der Waals surface area contributed by atoms with E-state index in [1.807, 2.05) is 19.0 Å². The molecule has 0 N–H and O–H groups in total. The van der Waals surface area contributed by atoms with Crippen molar-refractivity contribution in [3.63, 3.8) is 0 Å². The first-order chi connectivity index (χ1) is 5.54. The summed E-state index contributed by atoms with van der Waals surface area (Å²) >= 11 is 0. The van der Waals surface area contributed by atoms with E-state index in [1.54, 1.807) is 6.92 Å². The molecule has 0 aromatic carbocycles. The average molecular weight is 173 g/mol. The summed E-state index contributed by atoms with van der Waals surface area (Å²) in [5.74, 6) is -0.246. The molecule has 1 aliphatic heterocycles. The molecule has 1 unspecified atom stereocenters. The highest BCUT2D eigenvalue weighted by Crippen LogP contribution is 2.26. The van der Waals surface area contributed by atoms with Gasteiger partial charge in [-0.15, -0.1) is 0 Å². The minimum Gasteiger partial charge on any atom is -0.462 e. The number of epoxide rings is 1. The highest BCUT2D eigenvalue weighted by molar-refractivity contribution is 5.81. The van der Waals surface area contributed by atoms with E-state index in [4.69, 9.17) is 9.47 Å². The van der Waals surface area contributed by atoms with Crippen LogP contribution in [-0.4, -0.2) is 50.3 Å². The predicted molar refractivity (Wildman–Crippen MR) is 43.9 cm³/mol. The third-order valence-corrected chi connectivity index (χ3v) is 1.78. The molecule has 1 rings (SSSR count). The lowest BCUT2D eigenvalue weighted by molar-refractivity contribution is -0.149. The standard InChI is InChI=1S/C8H15NO3/c1-8(6-12-8)7(10)11-5-4-9(2)3/h4-6H2,1-3H3. The van der Waals surface area contributed by atoms with Gasteiger partial charge in [-0.05, 0) is 21.0 Å². The largest absolute Gasteiger partial charge is 0.462 e. The fourth-order valence-electron chi connectivity index (χ4n) is 0.700. The van der Waals surface area contributed by atoms with Crippen molar-refractivity contribution in [2.24, 2.45) is 0 Å². The minimum absolute atomic E-state index is 0.246. The third-order valence-electron chi connectivity index (χ3n) is 1.78. The Hall–Kier alpha value is -0.610. The van der Waals surface area contributed by atoms with Crippen LogP contribution < -0.4 is 0 Å². The Bertz CT molecular complexity index is 175. The topological polar surface area (TPSA) is 42.1 Å². The number of carbonyl (C=O) groups excluding carboxylic acids is 1. The summed E-state index contributed by atoms with van der Waals surface area (Å²) in [6, 6.07) is 0. The van der Waals surface area contributed by atoms with Gasteiger partial charge < -0.3 is 14.4 Å². The molecule has 0 aromatic heterocycles. The Balaban J connectivity index is 2.11. The second kappa shape index (κ2) is 3.41. The number of nitrogens with zero attached hydrogens (tertiary/aromatic N) is 1. The van der Waals surface area contributed by atoms with Crippen molar-refractivity contribution in [2.45, 2.75) is 12.5 Å². The molecule has 0 radical (unpaired) electrons. The summed E-state index contributed by atoms with van der Waals surface area (Å²) in [5.41, 5.74) is -0.633. The SMILES string of the molecule is CN(C)CCOC(=O)C1(C)CO1. The normalized spacial score (nSPS) is 27.3. The molecule has 1 heterocycles. The van der Waals surface area contributed by atoms with E-state index in [0.717, 1.165) is 6.54 Å². The van der Waals surface area contributed by atoms with Crippen LogP contribution in [0, 0.1) is 0 Å². The zero-order valence-corrected chi connectivity index (χ0v) is 7.79. The Kier molecular flexibility index (Phi) is 2.69. The molecule has 0 aliphatic carbocycles. The summed E-state index contributed by atoms with van der Waals surface area (Å²) in [7, 11) is 3.87. The monoisotopic (exact) mass is 173 g/mol. The van der Waals surface area contributed by atoms with E-state index in [-0.39, 0.29) is 5.97 Å². The lowest BCUT2D eigenvalue weighted by atomic mass is 10.2. The molecule has 0 amide bonds. The van der Waals surface area contributed by atoms with Crippen LogP contribution >= 0.6 is 0 Å². The van der Waals surface area contributed by atoms with E-state index in [9.17, 15) is 4.79 Å². The van der Waals surface area contributed by atoms with Crippen LogP contribution in [0.1, 0.15) is 6.92 Å². The smallest absolute Gasteiger partial charge is 0.340 e. The first kappa shape index (κ1) is 9.48. The van der Waals surface area contributed by atoms with E-state index in [2.05, 4.69) is 0 Å². The van der Waals surface area contributed by atoms with Crippen LogP contribution in [0.15, 0.2) is 0 Å². The summed E-state index contributed by atoms with van der Waals surface area (Å²) in [4.78, 5) is 13.1. The number of hydrogen-bond acceptors (Lipinski definition) is 4. The zero-order chi connectivity index (χ0) is 9.19. The highest BCUT2D eigenvalue weighted by Gasteiger charge is 2.48. The number of ether oxygens (including phenoxy) is 2. The lowest BCUT2D eigenvalue weighted by Gasteiger charge is -2.10. The number of carbonyl (C=O) groups is 1. The Morgan fingerprint density at radius 1 is 1.67 bits per heavy atom. The Morgan fingerprint density at radius 2 is 2.25 bits per heavy atom. The molecule has 0 aromatic rings. The van der Waals surface area contributed by atoms with E-state index < -0.39 is 5.60 Å². The molecule has 0 bridgehead atoms. The van der Waals surface area contributed by atoms with Gasteiger partial charge in [0.2, 0.25) is 0 Å². The van der Waals surface area contributed by atoms with E-state index in [1.165, 1.54) is 0 Å². The van der Waals surface area contributed by atoms with Crippen LogP contribution in [0.2, 0.25) is 0 Å². The van der Waals surface area contributed by atoms with Crippen molar-refractivity contribution in [1.29, 1.82) is 0 Å². The van der Waals surface area contributed by atoms with Crippen LogP contribution in [0.5, 0.6) is 0 Å². The summed E-state index contributed by atoms with van der Waals surface area (Å²) in [6.07, 6.45) is 0. The molecule has 1 fully saturated rings. The van der Waals surface area contributed by atoms with Gasteiger partial charge in [0, 0.05) is 6.54 Å². The summed E-state index contributed by atoms with van der Waals surface area (Å²) in [6.45, 7) is 3.42. The molecule has 1 saturated heterocycles. The molecular weight excluding hydrogens is 158 g/mol. The molecule has 0 saturated carbocycles. The van der Waals surface area contributed by atoms with Crippen molar-refractivity contribution < 1.29 is 14.3 Å². The van der Waals surface area contributed by atoms with E-state index >= 15 is 0 Å². The molecule has 1 aliphatic rings. The fraction of sp³-hybridized carbons (Fsp3) is 0.875. The maximum absolute atomic E-state index is 11.1. The first-order valence-corrected chi connectivity index (χ1v) is 4.00. The fourth-order valence-corrected chi connectivity index (χ4v) is 0.700. The summed E-state index contributed by atoms with van der Waals surface area (Å²) in [5, 5.41) is 0. The molecule has 70 valence electrons. The number of likely N-dealkylation sites (N-methyl/N-ethyl adjacent to an activating group) is 1. The molecule has 4 nitrogen and oxygen atoms in total. The molecular formula is C8H15NO3. The van der Waals surface area contributed by atoms with Crippen LogP contribution in [0.4, 0.5) is 0 Å². The molecule has 0 spiro atoms. The van der Waals surface area contributed by atoms with Crippen molar-refractivity contribution >= 4 is 5.97 Å². The van der Waals surface area contributed by atoms with Crippen molar-refractivity contribution in [3.05, 3.63) is 0 Å². The predicted octanol–water partition coefficient (Wildman–Crippen LogP) is -0.120. The van der Waals surface area contributed by atoms with Gasteiger partial charge in [0.15, 0.2) is 5.60 Å². The van der Waals surface area contributed by atoms with Gasteiger partial charge in [-0.1, -0.05) is 0 Å². The second-order valence-corrected chi connectivity index (χ2v) is 3.46. The quantitative estimate of drug-likeness (QED) is 0.439. The van der Waals surface area contributed by atoms with Crippen molar-refractivity contribution in [1.82, 2.24) is 4.90 Å². The number of rotatable bonds is 4. The zero-order valence-electron chi connectivity index (χ0n) is 7.79. The third kappa shape index (κ3) is 2.46. The molecule has 4 heteroatoms. The first-order valence-electron chi connectivity index (χ1n) is 4.00. The maximum atomic E-state index is 11.1. The lowest BCUT2D eigenvalue weighted by Crippen LogP contribution is -2.27.